The zero-order valence-corrected chi connectivity index (χ0v) is 29.0. The number of nitrogens with one attached hydrogen (secondary N) is 2. The molecule has 2 aliphatic rings. The lowest BCUT2D eigenvalue weighted by molar-refractivity contribution is 0.171. The lowest BCUT2D eigenvalue weighted by atomic mass is 9.85. The second-order valence-corrected chi connectivity index (χ2v) is 14.1. The van der Waals surface area contributed by atoms with E-state index in [2.05, 4.69) is 55.7 Å². The lowest BCUT2D eigenvalue weighted by Gasteiger charge is -2.39. The Kier molecular flexibility index (Phi) is 9.91. The lowest BCUT2D eigenvalue weighted by Crippen LogP contribution is -2.44. The van der Waals surface area contributed by atoms with Crippen LogP contribution in [0.3, 0.4) is 0 Å². The standard InChI is InChI=1S/C36H48N10O3/c1-23-9-8-10-24(2)46(23)35-42-41-33-16-13-25(22-45(33)35)49-29-15-14-28(26-11-6-7-12-27(26)29)38-34(48)40-32(21-30(37)36(3,4)5)39-31-17-18-44(43-31)19-20-47/h6-7,11-13,16-18,21-24,28-29,47H,8-10,14-15,19-20,37H2,1-5H3,(H2,38,39,40,43,48)/t23?,24?,28?,29-/m1/s1. The van der Waals surface area contributed by atoms with E-state index in [1.165, 1.54) is 6.42 Å². The summed E-state index contributed by atoms with van der Waals surface area (Å²) in [5.74, 6) is 2.24. The van der Waals surface area contributed by atoms with Gasteiger partial charge in [-0.05, 0) is 69.2 Å². The van der Waals surface area contributed by atoms with Crippen LogP contribution >= 0.6 is 0 Å². The number of nitrogens with zero attached hydrogens (tertiary/aromatic N) is 7. The van der Waals surface area contributed by atoms with Gasteiger partial charge in [0.1, 0.15) is 17.7 Å². The summed E-state index contributed by atoms with van der Waals surface area (Å²) < 4.78 is 10.3. The number of rotatable bonds is 8. The molecule has 0 spiro atoms. The van der Waals surface area contributed by atoms with Crippen LogP contribution in [0.1, 0.15) is 90.0 Å². The van der Waals surface area contributed by atoms with Crippen LogP contribution in [0.2, 0.25) is 0 Å². The molecule has 1 saturated heterocycles. The van der Waals surface area contributed by atoms with E-state index in [0.29, 0.717) is 43.0 Å². The van der Waals surface area contributed by atoms with Crippen LogP contribution in [0.5, 0.6) is 5.75 Å². The molecule has 4 heterocycles. The van der Waals surface area contributed by atoms with Gasteiger partial charge in [0.15, 0.2) is 11.5 Å². The number of aliphatic imine (C=N–C) groups is 1. The first kappa shape index (κ1) is 34.0. The number of urea groups is 1. The summed E-state index contributed by atoms with van der Waals surface area (Å²) in [6.07, 6.45) is 10.0. The van der Waals surface area contributed by atoms with Crippen LogP contribution in [0.25, 0.3) is 5.65 Å². The molecular weight excluding hydrogens is 620 g/mol. The molecule has 1 fully saturated rings. The van der Waals surface area contributed by atoms with Crippen molar-refractivity contribution >= 4 is 29.3 Å². The Morgan fingerprint density at radius 1 is 1.06 bits per heavy atom. The summed E-state index contributed by atoms with van der Waals surface area (Å²) in [6, 6.07) is 13.8. The normalized spacial score (nSPS) is 21.8. The molecule has 0 bridgehead atoms. The zero-order valence-electron chi connectivity index (χ0n) is 29.0. The van der Waals surface area contributed by atoms with Crippen molar-refractivity contribution in [2.24, 2.45) is 16.1 Å². The summed E-state index contributed by atoms with van der Waals surface area (Å²) in [5, 5.41) is 28.6. The summed E-state index contributed by atoms with van der Waals surface area (Å²) in [4.78, 5) is 20.4. The third-order valence-electron chi connectivity index (χ3n) is 9.39. The van der Waals surface area contributed by atoms with Crippen LogP contribution in [0.15, 0.2) is 71.6 Å². The number of ether oxygens (including phenoxy) is 1. The van der Waals surface area contributed by atoms with E-state index in [-0.39, 0.29) is 30.0 Å². The zero-order chi connectivity index (χ0) is 34.7. The predicted octanol–water partition coefficient (Wildman–Crippen LogP) is 5.56. The Labute approximate surface area is 287 Å². The second-order valence-electron chi connectivity index (χ2n) is 14.1. The van der Waals surface area contributed by atoms with Crippen molar-refractivity contribution in [3.63, 3.8) is 0 Å². The van der Waals surface area contributed by atoms with Gasteiger partial charge in [-0.15, -0.1) is 10.2 Å². The minimum atomic E-state index is -0.405. The largest absolute Gasteiger partial charge is 0.484 e. The number of carbonyl (C=O) groups excluding carboxylic acids is 1. The Balaban J connectivity index is 1.19. The van der Waals surface area contributed by atoms with Gasteiger partial charge < -0.3 is 25.8 Å². The first-order valence-corrected chi connectivity index (χ1v) is 17.2. The van der Waals surface area contributed by atoms with Crippen molar-refractivity contribution in [2.45, 2.75) is 97.5 Å². The molecule has 1 aromatic carbocycles. The molecule has 1 aliphatic heterocycles. The van der Waals surface area contributed by atoms with Gasteiger partial charge in [0.2, 0.25) is 5.95 Å². The molecule has 4 atom stereocenters. The second kappa shape index (κ2) is 14.3. The fourth-order valence-electron chi connectivity index (χ4n) is 6.64. The van der Waals surface area contributed by atoms with Gasteiger partial charge in [-0.1, -0.05) is 45.0 Å². The number of pyridine rings is 1. The van der Waals surface area contributed by atoms with Crippen LogP contribution in [-0.4, -0.2) is 60.0 Å². The van der Waals surface area contributed by atoms with Crippen molar-refractivity contribution in [2.75, 3.05) is 11.5 Å². The third-order valence-corrected chi connectivity index (χ3v) is 9.39. The number of anilines is 1. The molecular formula is C36H48N10O3. The maximum atomic E-state index is 13.5. The van der Waals surface area contributed by atoms with E-state index in [4.69, 9.17) is 10.5 Å². The van der Waals surface area contributed by atoms with E-state index in [1.807, 2.05) is 61.7 Å². The molecule has 6 rings (SSSR count). The Morgan fingerprint density at radius 2 is 1.82 bits per heavy atom. The molecule has 0 saturated carbocycles. The summed E-state index contributed by atoms with van der Waals surface area (Å²) in [7, 11) is 0. The highest BCUT2D eigenvalue weighted by atomic mass is 16.5. The molecule has 0 radical (unpaired) electrons. The van der Waals surface area contributed by atoms with Gasteiger partial charge in [0, 0.05) is 41.5 Å². The maximum Gasteiger partial charge on any atom is 0.320 e. The van der Waals surface area contributed by atoms with Crippen molar-refractivity contribution in [3.05, 3.63) is 77.8 Å². The van der Waals surface area contributed by atoms with E-state index in [9.17, 15) is 9.90 Å². The highest BCUT2D eigenvalue weighted by Crippen LogP contribution is 2.39. The Hall–Kier alpha value is -4.91. The van der Waals surface area contributed by atoms with E-state index < -0.39 is 6.03 Å². The van der Waals surface area contributed by atoms with Gasteiger partial charge in [-0.3, -0.25) is 14.4 Å². The first-order chi connectivity index (χ1) is 23.5. The van der Waals surface area contributed by atoms with Crippen LogP contribution < -0.4 is 26.0 Å². The average Bonchev–Trinajstić information content (AvgIpc) is 3.68. The number of aliphatic hydroxyl groups is 1. The number of amides is 2. The smallest absolute Gasteiger partial charge is 0.320 e. The number of carbonyl (C=O) groups is 1. The van der Waals surface area contributed by atoms with Gasteiger partial charge >= 0.3 is 6.03 Å². The number of aliphatic hydroxyl groups excluding tert-OH is 1. The molecule has 13 heteroatoms. The first-order valence-electron chi connectivity index (χ1n) is 17.2. The van der Waals surface area contributed by atoms with E-state index >= 15 is 0 Å². The van der Waals surface area contributed by atoms with Gasteiger partial charge in [0.05, 0.1) is 25.4 Å². The molecule has 3 aromatic heterocycles. The molecule has 260 valence electrons. The monoisotopic (exact) mass is 668 g/mol. The van der Waals surface area contributed by atoms with Crippen molar-refractivity contribution in [1.29, 1.82) is 0 Å². The number of hydrogen-bond donors (Lipinski definition) is 4. The minimum Gasteiger partial charge on any atom is -0.484 e. The highest BCUT2D eigenvalue weighted by Gasteiger charge is 2.31. The number of aromatic nitrogens is 5. The molecule has 13 nitrogen and oxygen atoms in total. The molecule has 5 N–H and O–H groups in total. The van der Waals surface area contributed by atoms with Gasteiger partial charge in [-0.2, -0.15) is 5.10 Å². The fourth-order valence-corrected chi connectivity index (χ4v) is 6.64. The van der Waals surface area contributed by atoms with Crippen LogP contribution in [0.4, 0.5) is 16.6 Å². The van der Waals surface area contributed by atoms with E-state index in [1.54, 1.807) is 23.0 Å². The summed E-state index contributed by atoms with van der Waals surface area (Å²) in [6.45, 7) is 10.8. The predicted molar refractivity (Wildman–Crippen MR) is 190 cm³/mol. The number of amidine groups is 1. The number of allylic oxidation sites excluding steroid dienone is 1. The highest BCUT2D eigenvalue weighted by molar-refractivity contribution is 6.05. The van der Waals surface area contributed by atoms with Crippen molar-refractivity contribution < 1.29 is 14.6 Å². The van der Waals surface area contributed by atoms with E-state index in [0.717, 1.165) is 41.3 Å². The van der Waals surface area contributed by atoms with Crippen molar-refractivity contribution in [3.8, 4) is 5.75 Å². The fraction of sp³-hybridized carbons (Fsp3) is 0.472. The molecule has 3 unspecified atom stereocenters. The van der Waals surface area contributed by atoms with Gasteiger partial charge in [0.25, 0.3) is 0 Å². The Bertz CT molecular complexity index is 1830. The number of fused-ring (bicyclic) bond motifs is 2. The van der Waals surface area contributed by atoms with Crippen molar-refractivity contribution in [1.82, 2.24) is 35.0 Å². The van der Waals surface area contributed by atoms with Gasteiger partial charge in [-0.25, -0.2) is 9.79 Å². The Morgan fingerprint density at radius 3 is 2.55 bits per heavy atom. The molecule has 2 amide bonds. The molecule has 1 aliphatic carbocycles. The number of hydrogen-bond acceptors (Lipinski definition) is 9. The number of benzene rings is 1. The minimum absolute atomic E-state index is 0.0420. The number of piperidine rings is 1. The van der Waals surface area contributed by atoms with Crippen LogP contribution in [0, 0.1) is 5.41 Å². The van der Waals surface area contributed by atoms with Crippen LogP contribution in [-0.2, 0) is 6.54 Å². The molecule has 49 heavy (non-hydrogen) atoms. The average molecular weight is 669 g/mol. The summed E-state index contributed by atoms with van der Waals surface area (Å²) in [5.41, 5.74) is 9.40. The maximum absolute atomic E-state index is 13.5. The SMILES string of the molecule is CC1CCCC(C)N1c1nnc2ccc(O[C@@H]3CCC(NC(=O)NC(C=C(N)C(C)(C)C)=Nc4ccn(CCO)n4)c4ccccc43)cn12. The third kappa shape index (κ3) is 7.72. The molecule has 4 aromatic rings. The topological polar surface area (TPSA) is 160 Å². The summed E-state index contributed by atoms with van der Waals surface area (Å²) >= 11 is 0. The quantitative estimate of drug-likeness (QED) is 0.140. The number of nitrogens with two attached hydrogens (primary N) is 1.